The van der Waals surface area contributed by atoms with Gasteiger partial charge in [0, 0.05) is 44.4 Å². The molecule has 0 unspecified atom stereocenters. The second kappa shape index (κ2) is 14.5. The van der Waals surface area contributed by atoms with Gasteiger partial charge in [0.15, 0.2) is 10.8 Å². The molecule has 0 saturated heterocycles. The monoisotopic (exact) mass is 675 g/mol. The molecule has 3 aromatic carbocycles. The Balaban J connectivity index is 1.36. The minimum absolute atomic E-state index is 0.107. The molecule has 3 atom stereocenters. The fourth-order valence-corrected chi connectivity index (χ4v) is 6.56. The number of benzene rings is 3. The molecule has 0 fully saturated rings. The van der Waals surface area contributed by atoms with Gasteiger partial charge in [-0.15, -0.1) is 0 Å². The largest absolute Gasteiger partial charge is 0.486 e. The minimum atomic E-state index is -4.10. The molecule has 1 aliphatic heterocycles. The highest BCUT2D eigenvalue weighted by Gasteiger charge is 2.35. The molecule has 2 heterocycles. The Hall–Kier alpha value is -4.92. The third-order valence-corrected chi connectivity index (χ3v) is 9.51. The van der Waals surface area contributed by atoms with Gasteiger partial charge in [-0.05, 0) is 55.9 Å². The topological polar surface area (TPSA) is 172 Å². The number of aryl methyl sites for hydroxylation is 1. The number of hydrogen-bond acceptors (Lipinski definition) is 9. The number of hydrogen-bond donors (Lipinski definition) is 4. The van der Waals surface area contributed by atoms with Crippen LogP contribution < -0.4 is 20.5 Å². The molecule has 5 rings (SSSR count). The van der Waals surface area contributed by atoms with E-state index in [0.29, 0.717) is 36.6 Å². The summed E-state index contributed by atoms with van der Waals surface area (Å²) in [4.78, 5) is 34.2. The first-order valence-electron chi connectivity index (χ1n) is 15.5. The van der Waals surface area contributed by atoms with Gasteiger partial charge in [-0.2, -0.15) is 8.42 Å². The van der Waals surface area contributed by atoms with Crippen LogP contribution in [0.4, 0.5) is 17.1 Å². The van der Waals surface area contributed by atoms with Crippen molar-refractivity contribution in [1.82, 2.24) is 19.4 Å². The maximum Gasteiger partial charge on any atom is 0.281 e. The first kappa shape index (κ1) is 34.4. The van der Waals surface area contributed by atoms with E-state index in [2.05, 4.69) is 19.9 Å². The Morgan fingerprint density at radius 3 is 2.50 bits per heavy atom. The Labute approximate surface area is 280 Å². The van der Waals surface area contributed by atoms with Crippen LogP contribution >= 0.6 is 0 Å². The van der Waals surface area contributed by atoms with Crippen molar-refractivity contribution in [1.29, 1.82) is 0 Å². The number of para-hydroxylation sites is 3. The van der Waals surface area contributed by atoms with E-state index in [9.17, 15) is 23.1 Å². The summed E-state index contributed by atoms with van der Waals surface area (Å²) >= 11 is 0. The van der Waals surface area contributed by atoms with E-state index in [4.69, 9.17) is 10.5 Å². The van der Waals surface area contributed by atoms with Crippen LogP contribution in [0.1, 0.15) is 40.1 Å². The van der Waals surface area contributed by atoms with Gasteiger partial charge in [0.05, 0.1) is 41.6 Å². The number of nitrogen functional groups attached to an aromatic ring is 1. The minimum Gasteiger partial charge on any atom is -0.486 e. The molecule has 0 radical (unpaired) electrons. The summed E-state index contributed by atoms with van der Waals surface area (Å²) in [6.07, 6.45) is 2.29. The zero-order valence-corrected chi connectivity index (χ0v) is 28.1. The fourth-order valence-electron chi connectivity index (χ4n) is 5.52. The number of nitrogens with two attached hydrogens (primary N) is 1. The number of anilines is 3. The van der Waals surface area contributed by atoms with Crippen molar-refractivity contribution in [2.75, 3.05) is 42.5 Å². The first-order chi connectivity index (χ1) is 22.9. The lowest BCUT2D eigenvalue weighted by atomic mass is 9.99. The number of aliphatic hydroxyl groups is 1. The third kappa shape index (κ3) is 7.78. The van der Waals surface area contributed by atoms with Crippen molar-refractivity contribution in [3.8, 4) is 5.75 Å². The second-order valence-electron chi connectivity index (χ2n) is 12.2. The van der Waals surface area contributed by atoms with Crippen LogP contribution in [0, 0.1) is 5.92 Å². The first-order valence-corrected chi connectivity index (χ1v) is 17.0. The molecule has 2 amide bonds. The number of carbonyl (C=O) groups excluding carboxylic acids is 2. The van der Waals surface area contributed by atoms with Crippen molar-refractivity contribution < 1.29 is 27.9 Å². The van der Waals surface area contributed by atoms with Crippen molar-refractivity contribution >= 4 is 38.9 Å². The van der Waals surface area contributed by atoms with Crippen LogP contribution in [-0.2, 0) is 23.6 Å². The van der Waals surface area contributed by atoms with Gasteiger partial charge in [0.2, 0.25) is 0 Å². The van der Waals surface area contributed by atoms with Crippen molar-refractivity contribution in [2.24, 2.45) is 13.0 Å². The lowest BCUT2D eigenvalue weighted by molar-refractivity contribution is 0.0344. The number of amides is 2. The highest BCUT2D eigenvalue weighted by atomic mass is 32.2. The predicted molar refractivity (Wildman–Crippen MR) is 183 cm³/mol. The molecule has 48 heavy (non-hydrogen) atoms. The van der Waals surface area contributed by atoms with Gasteiger partial charge in [0.1, 0.15) is 6.10 Å². The van der Waals surface area contributed by atoms with Crippen LogP contribution in [0.2, 0.25) is 0 Å². The normalized spacial score (nSPS) is 17.2. The average Bonchev–Trinajstić information content (AvgIpc) is 3.51. The summed E-state index contributed by atoms with van der Waals surface area (Å²) in [6, 6.07) is 18.6. The smallest absolute Gasteiger partial charge is 0.281 e. The van der Waals surface area contributed by atoms with Crippen molar-refractivity contribution in [2.45, 2.75) is 37.6 Å². The third-order valence-electron chi connectivity index (χ3n) is 8.26. The standard InChI is InChI=1S/C34H41N7O6S/c1-22-16-41(23(2)20-42)34(44)26-8-7-11-29(38-48(45,46)31-19-40(4)21-36-31)32(26)47-30(22)18-39(3)17-24-12-14-25(15-13-24)33(43)37-28-10-6-5-9-27(28)35/h5-15,19,21-23,30,38,42H,16-18,20,35H2,1-4H3,(H,37,43)/t22-,23-,30-/m0/s1. The van der Waals surface area contributed by atoms with Gasteiger partial charge in [-0.25, -0.2) is 4.98 Å². The summed E-state index contributed by atoms with van der Waals surface area (Å²) < 4.78 is 37.1. The SMILES string of the molecule is C[C@H]1CN([C@@H](C)CO)C(=O)c2cccc(NS(=O)(=O)c3cn(C)cn3)c2O[C@H]1CN(C)Cc1ccc(C(=O)Nc2ccccc2N)cc1. The zero-order chi connectivity index (χ0) is 34.6. The molecular weight excluding hydrogens is 634 g/mol. The summed E-state index contributed by atoms with van der Waals surface area (Å²) in [6.45, 7) is 4.75. The maximum absolute atomic E-state index is 13.8. The number of aromatic nitrogens is 2. The van der Waals surface area contributed by atoms with Gasteiger partial charge in [-0.3, -0.25) is 19.2 Å². The van der Waals surface area contributed by atoms with E-state index in [0.717, 1.165) is 5.56 Å². The van der Waals surface area contributed by atoms with Crippen LogP contribution in [-0.4, -0.2) is 83.6 Å². The Bertz CT molecular complexity index is 1880. The van der Waals surface area contributed by atoms with E-state index >= 15 is 0 Å². The zero-order valence-electron chi connectivity index (χ0n) is 27.3. The molecule has 14 heteroatoms. The maximum atomic E-state index is 13.8. The average molecular weight is 676 g/mol. The number of nitrogens with zero attached hydrogens (tertiary/aromatic N) is 4. The summed E-state index contributed by atoms with van der Waals surface area (Å²) in [5.41, 5.74) is 8.72. The molecule has 0 bridgehead atoms. The highest BCUT2D eigenvalue weighted by molar-refractivity contribution is 7.92. The number of rotatable bonds is 11. The summed E-state index contributed by atoms with van der Waals surface area (Å²) in [7, 11) is -0.496. The molecule has 1 aromatic heterocycles. The van der Waals surface area contributed by atoms with Crippen LogP contribution in [0.3, 0.4) is 0 Å². The number of aliphatic hydroxyl groups excluding tert-OH is 1. The van der Waals surface area contributed by atoms with Gasteiger partial charge in [-0.1, -0.05) is 37.3 Å². The molecule has 0 saturated carbocycles. The molecule has 0 spiro atoms. The highest BCUT2D eigenvalue weighted by Crippen LogP contribution is 2.36. The molecule has 13 nitrogen and oxygen atoms in total. The van der Waals surface area contributed by atoms with E-state index in [-0.39, 0.29) is 46.4 Å². The second-order valence-corrected chi connectivity index (χ2v) is 13.9. The molecule has 1 aliphatic rings. The molecule has 254 valence electrons. The van der Waals surface area contributed by atoms with Crippen LogP contribution in [0.5, 0.6) is 5.75 Å². The van der Waals surface area contributed by atoms with Gasteiger partial charge in [0.25, 0.3) is 21.8 Å². The van der Waals surface area contributed by atoms with E-state index < -0.39 is 22.2 Å². The number of fused-ring (bicyclic) bond motifs is 1. The van der Waals surface area contributed by atoms with E-state index in [1.54, 1.807) is 73.5 Å². The molecule has 4 aromatic rings. The lowest BCUT2D eigenvalue weighted by Gasteiger charge is -2.38. The Morgan fingerprint density at radius 2 is 1.83 bits per heavy atom. The van der Waals surface area contributed by atoms with Gasteiger partial charge >= 0.3 is 0 Å². The Morgan fingerprint density at radius 1 is 1.12 bits per heavy atom. The Kier molecular flexibility index (Phi) is 10.4. The number of nitrogens with one attached hydrogen (secondary N) is 2. The van der Waals surface area contributed by atoms with Crippen LogP contribution in [0.25, 0.3) is 0 Å². The van der Waals surface area contributed by atoms with Gasteiger partial charge < -0.3 is 30.4 Å². The molecule has 0 aliphatic carbocycles. The quantitative estimate of drug-likeness (QED) is 0.174. The number of carbonyl (C=O) groups is 2. The number of imidazole rings is 1. The van der Waals surface area contributed by atoms with Crippen molar-refractivity contribution in [3.63, 3.8) is 0 Å². The summed E-state index contributed by atoms with van der Waals surface area (Å²) in [5.74, 6) is -0.732. The lowest BCUT2D eigenvalue weighted by Crippen LogP contribution is -2.49. The fraction of sp³-hybridized carbons (Fsp3) is 0.324. The van der Waals surface area contributed by atoms with Crippen LogP contribution in [0.15, 0.2) is 84.3 Å². The van der Waals surface area contributed by atoms with E-state index in [1.807, 2.05) is 26.1 Å². The predicted octanol–water partition coefficient (Wildman–Crippen LogP) is 3.41. The summed E-state index contributed by atoms with van der Waals surface area (Å²) in [5, 5.41) is 12.6. The molecule has 5 N–H and O–H groups in total. The molecular formula is C34H41N7O6S. The van der Waals surface area contributed by atoms with Crippen molar-refractivity contribution in [3.05, 3.63) is 95.9 Å². The number of likely N-dealkylation sites (N-methyl/N-ethyl adjacent to an activating group) is 1. The number of sulfonamides is 1. The number of ether oxygens (including phenoxy) is 1. The van der Waals surface area contributed by atoms with E-state index in [1.165, 1.54) is 17.1 Å².